The van der Waals surface area contributed by atoms with Gasteiger partial charge in [-0.1, -0.05) is 29.8 Å². The summed E-state index contributed by atoms with van der Waals surface area (Å²) in [6, 6.07) is 11.7. The summed E-state index contributed by atoms with van der Waals surface area (Å²) >= 11 is 0. The number of piperazine rings is 1. The molecule has 28 heavy (non-hydrogen) atoms. The number of hydrogen-bond acceptors (Lipinski definition) is 4. The third-order valence-electron chi connectivity index (χ3n) is 5.12. The highest BCUT2D eigenvalue weighted by molar-refractivity contribution is 5.79. The molecule has 1 aromatic heterocycles. The van der Waals surface area contributed by atoms with Crippen molar-refractivity contribution in [1.82, 2.24) is 20.1 Å². The first-order valence-electron chi connectivity index (χ1n) is 9.74. The Hall–Kier alpha value is -2.73. The fourth-order valence-electron chi connectivity index (χ4n) is 3.50. The topological polar surface area (TPSA) is 65.5 Å². The number of benzene rings is 1. The average Bonchev–Trinajstić information content (AvgIpc) is 2.69. The highest BCUT2D eigenvalue weighted by atomic mass is 16.2. The van der Waals surface area contributed by atoms with Gasteiger partial charge in [-0.05, 0) is 30.2 Å². The number of carbonyl (C=O) groups is 2. The monoisotopic (exact) mass is 380 g/mol. The molecule has 0 radical (unpaired) electrons. The van der Waals surface area contributed by atoms with Crippen molar-refractivity contribution in [3.05, 3.63) is 65.5 Å². The SMILES string of the molecule is CC(=O)NC(CC(=O)N1CCN(Cc2ccncc2)CC1)c1ccc(C)cc1. The molecule has 0 bridgehead atoms. The van der Waals surface area contributed by atoms with Crippen LogP contribution in [0.5, 0.6) is 0 Å². The number of nitrogens with zero attached hydrogens (tertiary/aromatic N) is 3. The van der Waals surface area contributed by atoms with Crippen LogP contribution in [0.3, 0.4) is 0 Å². The summed E-state index contributed by atoms with van der Waals surface area (Å²) in [6.45, 7) is 7.52. The summed E-state index contributed by atoms with van der Waals surface area (Å²) in [5.74, 6) is -0.0385. The van der Waals surface area contributed by atoms with Gasteiger partial charge in [0.1, 0.15) is 0 Å². The highest BCUT2D eigenvalue weighted by Crippen LogP contribution is 2.20. The van der Waals surface area contributed by atoms with E-state index in [1.165, 1.54) is 12.5 Å². The molecule has 2 aromatic rings. The molecule has 0 spiro atoms. The molecular weight excluding hydrogens is 352 g/mol. The first-order valence-corrected chi connectivity index (χ1v) is 9.74. The summed E-state index contributed by atoms with van der Waals surface area (Å²) in [6.07, 6.45) is 3.90. The van der Waals surface area contributed by atoms with Gasteiger partial charge in [-0.15, -0.1) is 0 Å². The first-order chi connectivity index (χ1) is 13.5. The minimum absolute atomic E-state index is 0.0860. The second-order valence-electron chi connectivity index (χ2n) is 7.38. The quantitative estimate of drug-likeness (QED) is 0.835. The number of nitrogens with one attached hydrogen (secondary N) is 1. The third-order valence-corrected chi connectivity index (χ3v) is 5.12. The van der Waals surface area contributed by atoms with E-state index in [1.54, 1.807) is 0 Å². The van der Waals surface area contributed by atoms with Crippen LogP contribution in [0.4, 0.5) is 0 Å². The van der Waals surface area contributed by atoms with E-state index in [4.69, 9.17) is 0 Å². The van der Waals surface area contributed by atoms with Crippen molar-refractivity contribution >= 4 is 11.8 Å². The van der Waals surface area contributed by atoms with Crippen molar-refractivity contribution in [3.8, 4) is 0 Å². The average molecular weight is 380 g/mol. The minimum Gasteiger partial charge on any atom is -0.349 e. The zero-order valence-electron chi connectivity index (χ0n) is 16.6. The molecule has 1 aromatic carbocycles. The molecule has 1 N–H and O–H groups in total. The van der Waals surface area contributed by atoms with Gasteiger partial charge < -0.3 is 10.2 Å². The van der Waals surface area contributed by atoms with Gasteiger partial charge in [0, 0.05) is 52.0 Å². The number of hydrogen-bond donors (Lipinski definition) is 1. The summed E-state index contributed by atoms with van der Waals surface area (Å²) in [4.78, 5) is 32.8. The van der Waals surface area contributed by atoms with E-state index in [9.17, 15) is 9.59 Å². The molecule has 1 atom stereocenters. The van der Waals surface area contributed by atoms with Crippen LogP contribution < -0.4 is 5.32 Å². The molecule has 1 fully saturated rings. The Labute approximate surface area is 166 Å². The van der Waals surface area contributed by atoms with E-state index < -0.39 is 0 Å². The Morgan fingerprint density at radius 3 is 2.29 bits per heavy atom. The molecule has 1 unspecified atom stereocenters. The van der Waals surface area contributed by atoms with Gasteiger partial charge in [-0.25, -0.2) is 0 Å². The number of aryl methyl sites for hydroxylation is 1. The molecule has 0 saturated carbocycles. The molecule has 0 aliphatic carbocycles. The molecule has 6 nitrogen and oxygen atoms in total. The maximum atomic E-state index is 12.8. The number of rotatable bonds is 6. The van der Waals surface area contributed by atoms with E-state index in [2.05, 4.69) is 15.2 Å². The van der Waals surface area contributed by atoms with E-state index in [0.717, 1.165) is 30.8 Å². The molecule has 2 heterocycles. The van der Waals surface area contributed by atoms with Crippen LogP contribution in [-0.2, 0) is 16.1 Å². The molecule has 1 aliphatic heterocycles. The first kappa shape index (κ1) is 20.0. The number of amides is 2. The molecule has 148 valence electrons. The third kappa shape index (κ3) is 5.63. The van der Waals surface area contributed by atoms with Crippen molar-refractivity contribution in [3.63, 3.8) is 0 Å². The molecule has 1 aliphatic rings. The summed E-state index contributed by atoms with van der Waals surface area (Å²) < 4.78 is 0. The van der Waals surface area contributed by atoms with Crippen molar-refractivity contribution in [2.24, 2.45) is 0 Å². The number of pyridine rings is 1. The van der Waals surface area contributed by atoms with Crippen molar-refractivity contribution < 1.29 is 9.59 Å². The molecular formula is C22H28N4O2. The van der Waals surface area contributed by atoms with Crippen LogP contribution in [0.25, 0.3) is 0 Å². The zero-order chi connectivity index (χ0) is 19.9. The predicted molar refractivity (Wildman–Crippen MR) is 108 cm³/mol. The van der Waals surface area contributed by atoms with Crippen LogP contribution in [0.1, 0.15) is 36.1 Å². The molecule has 3 rings (SSSR count). The highest BCUT2D eigenvalue weighted by Gasteiger charge is 2.24. The standard InChI is InChI=1S/C22H28N4O2/c1-17-3-5-20(6-4-17)21(24-18(2)27)15-22(28)26-13-11-25(12-14-26)16-19-7-9-23-10-8-19/h3-10,21H,11-16H2,1-2H3,(H,24,27). The summed E-state index contributed by atoms with van der Waals surface area (Å²) in [5, 5.41) is 2.92. The number of carbonyl (C=O) groups excluding carboxylic acids is 2. The summed E-state index contributed by atoms with van der Waals surface area (Å²) in [7, 11) is 0. The van der Waals surface area contributed by atoms with Gasteiger partial charge >= 0.3 is 0 Å². The Morgan fingerprint density at radius 2 is 1.68 bits per heavy atom. The van der Waals surface area contributed by atoms with Gasteiger partial charge in [0.05, 0.1) is 12.5 Å². The fourth-order valence-corrected chi connectivity index (χ4v) is 3.50. The van der Waals surface area contributed by atoms with E-state index in [-0.39, 0.29) is 24.3 Å². The van der Waals surface area contributed by atoms with Crippen LogP contribution in [0, 0.1) is 6.92 Å². The van der Waals surface area contributed by atoms with Crippen molar-refractivity contribution in [2.45, 2.75) is 32.9 Å². The van der Waals surface area contributed by atoms with Crippen molar-refractivity contribution in [2.75, 3.05) is 26.2 Å². The van der Waals surface area contributed by atoms with Crippen LogP contribution >= 0.6 is 0 Å². The lowest BCUT2D eigenvalue weighted by molar-refractivity contribution is -0.133. The smallest absolute Gasteiger partial charge is 0.225 e. The van der Waals surface area contributed by atoms with E-state index in [1.807, 2.05) is 60.6 Å². The summed E-state index contributed by atoms with van der Waals surface area (Å²) in [5.41, 5.74) is 3.35. The van der Waals surface area contributed by atoms with E-state index in [0.29, 0.717) is 13.1 Å². The molecule has 2 amide bonds. The largest absolute Gasteiger partial charge is 0.349 e. The molecule has 1 saturated heterocycles. The lowest BCUT2D eigenvalue weighted by Gasteiger charge is -2.35. The van der Waals surface area contributed by atoms with Crippen molar-refractivity contribution in [1.29, 1.82) is 0 Å². The maximum absolute atomic E-state index is 12.8. The fraction of sp³-hybridized carbons (Fsp3) is 0.409. The Balaban J connectivity index is 1.55. The number of aromatic nitrogens is 1. The second-order valence-corrected chi connectivity index (χ2v) is 7.38. The lowest BCUT2D eigenvalue weighted by Crippen LogP contribution is -2.49. The van der Waals surface area contributed by atoms with Crippen LogP contribution in [0.15, 0.2) is 48.8 Å². The van der Waals surface area contributed by atoms with Gasteiger partial charge in [0.15, 0.2) is 0 Å². The van der Waals surface area contributed by atoms with Gasteiger partial charge in [0.2, 0.25) is 11.8 Å². The maximum Gasteiger partial charge on any atom is 0.225 e. The van der Waals surface area contributed by atoms with Crippen LogP contribution in [-0.4, -0.2) is 52.8 Å². The normalized spacial score (nSPS) is 15.9. The van der Waals surface area contributed by atoms with Gasteiger partial charge in [-0.3, -0.25) is 19.5 Å². The Kier molecular flexibility index (Phi) is 6.76. The van der Waals surface area contributed by atoms with Gasteiger partial charge in [0.25, 0.3) is 0 Å². The Morgan fingerprint density at radius 1 is 1.04 bits per heavy atom. The minimum atomic E-state index is -0.291. The Bertz CT molecular complexity index is 784. The predicted octanol–water partition coefficient (Wildman–Crippen LogP) is 2.30. The molecule has 6 heteroatoms. The lowest BCUT2D eigenvalue weighted by atomic mass is 10.0. The second kappa shape index (κ2) is 9.46. The zero-order valence-corrected chi connectivity index (χ0v) is 16.6. The van der Waals surface area contributed by atoms with Gasteiger partial charge in [-0.2, -0.15) is 0 Å². The van der Waals surface area contributed by atoms with Crippen LogP contribution in [0.2, 0.25) is 0 Å². The van der Waals surface area contributed by atoms with E-state index >= 15 is 0 Å².